The monoisotopic (exact) mass is 488 g/mol. The molecule has 0 fully saturated rings. The van der Waals surface area contributed by atoms with Gasteiger partial charge in [-0.3, -0.25) is 10.1 Å². The van der Waals surface area contributed by atoms with Gasteiger partial charge in [0.25, 0.3) is 5.91 Å². The summed E-state index contributed by atoms with van der Waals surface area (Å²) in [6.45, 7) is 1.70. The molecule has 9 nitrogen and oxygen atoms in total. The van der Waals surface area contributed by atoms with Crippen LogP contribution >= 0.6 is 27.5 Å². The van der Waals surface area contributed by atoms with Crippen LogP contribution in [0, 0.1) is 18.3 Å². The zero-order chi connectivity index (χ0) is 21.8. The summed E-state index contributed by atoms with van der Waals surface area (Å²) in [6, 6.07) is 9.82. The van der Waals surface area contributed by atoms with E-state index in [2.05, 4.69) is 41.4 Å². The highest BCUT2D eigenvalue weighted by Gasteiger charge is 2.21. The highest BCUT2D eigenvalue weighted by molar-refractivity contribution is 9.10. The van der Waals surface area contributed by atoms with E-state index in [-0.39, 0.29) is 17.2 Å². The Labute approximate surface area is 184 Å². The molecule has 0 saturated carbocycles. The second-order valence-electron chi connectivity index (χ2n) is 5.97. The van der Waals surface area contributed by atoms with Crippen LogP contribution < -0.4 is 10.6 Å². The van der Waals surface area contributed by atoms with Crippen molar-refractivity contribution >= 4 is 50.9 Å². The Bertz CT molecular complexity index is 1190. The van der Waals surface area contributed by atoms with Crippen LogP contribution in [0.3, 0.4) is 0 Å². The average Bonchev–Trinajstić information content (AvgIpc) is 3.11. The smallest absolute Gasteiger partial charge is 0.411 e. The van der Waals surface area contributed by atoms with Crippen LogP contribution in [-0.4, -0.2) is 33.9 Å². The van der Waals surface area contributed by atoms with Gasteiger partial charge in [0.05, 0.1) is 35.1 Å². The maximum atomic E-state index is 13.1. The van der Waals surface area contributed by atoms with Crippen LogP contribution in [0.5, 0.6) is 0 Å². The molecular weight excluding hydrogens is 476 g/mol. The summed E-state index contributed by atoms with van der Waals surface area (Å²) in [5.74, 6) is -0.255. The number of hydrogen-bond acceptors (Lipinski definition) is 6. The minimum atomic E-state index is -0.743. The molecule has 0 spiro atoms. The summed E-state index contributed by atoms with van der Waals surface area (Å²) in [5, 5.41) is 19.0. The lowest BCUT2D eigenvalue weighted by Gasteiger charge is -2.15. The van der Waals surface area contributed by atoms with Gasteiger partial charge in [0.2, 0.25) is 0 Å². The van der Waals surface area contributed by atoms with Gasteiger partial charge in [0.15, 0.2) is 5.82 Å². The fourth-order valence-corrected chi connectivity index (χ4v) is 3.24. The van der Waals surface area contributed by atoms with Crippen molar-refractivity contribution in [3.8, 4) is 11.9 Å². The average molecular weight is 490 g/mol. The summed E-state index contributed by atoms with van der Waals surface area (Å²) < 4.78 is 6.32. The fourth-order valence-electron chi connectivity index (χ4n) is 2.66. The molecule has 2 heterocycles. The zero-order valence-electron chi connectivity index (χ0n) is 15.7. The summed E-state index contributed by atoms with van der Waals surface area (Å²) in [4.78, 5) is 29.0. The van der Waals surface area contributed by atoms with Crippen molar-refractivity contribution in [2.45, 2.75) is 6.92 Å². The summed E-state index contributed by atoms with van der Waals surface area (Å²) in [7, 11) is 1.21. The maximum Gasteiger partial charge on any atom is 0.411 e. The lowest BCUT2D eigenvalue weighted by atomic mass is 10.1. The Morgan fingerprint density at radius 1 is 1.30 bits per heavy atom. The van der Waals surface area contributed by atoms with Crippen LogP contribution in [0.4, 0.5) is 16.2 Å². The van der Waals surface area contributed by atoms with Crippen molar-refractivity contribution < 1.29 is 14.3 Å². The topological polar surface area (TPSA) is 122 Å². The van der Waals surface area contributed by atoms with E-state index in [1.807, 2.05) is 6.07 Å². The van der Waals surface area contributed by atoms with Crippen LogP contribution in [0.25, 0.3) is 5.82 Å². The quantitative estimate of drug-likeness (QED) is 0.563. The van der Waals surface area contributed by atoms with Crippen LogP contribution in [0.2, 0.25) is 5.02 Å². The minimum absolute atomic E-state index is 0.148. The number of methoxy groups -OCH3 is 1. The van der Waals surface area contributed by atoms with Gasteiger partial charge in [-0.25, -0.2) is 14.5 Å². The number of amides is 2. The third-order valence-corrected chi connectivity index (χ3v) is 4.66. The predicted molar refractivity (Wildman–Crippen MR) is 114 cm³/mol. The first kappa shape index (κ1) is 21.3. The molecular formula is C19H14BrClN6O3. The molecule has 2 N–H and O–H groups in total. The van der Waals surface area contributed by atoms with Gasteiger partial charge < -0.3 is 10.1 Å². The molecule has 0 aliphatic carbocycles. The molecule has 11 heteroatoms. The van der Waals surface area contributed by atoms with Crippen molar-refractivity contribution in [2.24, 2.45) is 0 Å². The van der Waals surface area contributed by atoms with Gasteiger partial charge in [0.1, 0.15) is 10.3 Å². The molecule has 3 aromatic rings. The van der Waals surface area contributed by atoms with Gasteiger partial charge in [0, 0.05) is 12.3 Å². The minimum Gasteiger partial charge on any atom is -0.453 e. The first-order valence-corrected chi connectivity index (χ1v) is 9.58. The van der Waals surface area contributed by atoms with E-state index in [1.165, 1.54) is 30.1 Å². The lowest BCUT2D eigenvalue weighted by molar-refractivity contribution is 0.101. The van der Waals surface area contributed by atoms with Gasteiger partial charge in [-0.2, -0.15) is 10.4 Å². The van der Waals surface area contributed by atoms with Gasteiger partial charge >= 0.3 is 6.09 Å². The highest BCUT2D eigenvalue weighted by Crippen LogP contribution is 2.29. The second kappa shape index (κ2) is 8.94. The van der Waals surface area contributed by atoms with Gasteiger partial charge in [-0.05, 0) is 52.7 Å². The molecule has 0 atom stereocenters. The number of carbonyl (C=O) groups excluding carboxylic acids is 2. The first-order chi connectivity index (χ1) is 14.3. The standard InChI is InChI=1S/C19H14BrClN6O3/c1-10-6-11(9-22)7-13(24-19(29)30-2)16(10)25-18(28)14-8-15(20)26-27(14)17-12(21)4-3-5-23-17/h3-8H,1-2H3,(H,24,29)(H,25,28). The SMILES string of the molecule is COC(=O)Nc1cc(C#N)cc(C)c1NC(=O)c1cc(Br)nn1-c1ncccc1Cl. The van der Waals surface area contributed by atoms with Crippen molar-refractivity contribution in [3.63, 3.8) is 0 Å². The fraction of sp³-hybridized carbons (Fsp3) is 0.105. The number of aryl methyl sites for hydroxylation is 1. The molecule has 0 unspecified atom stereocenters. The molecule has 152 valence electrons. The van der Waals surface area contributed by atoms with E-state index in [9.17, 15) is 14.9 Å². The molecule has 30 heavy (non-hydrogen) atoms. The third-order valence-electron chi connectivity index (χ3n) is 3.98. The van der Waals surface area contributed by atoms with E-state index in [0.29, 0.717) is 26.4 Å². The maximum absolute atomic E-state index is 13.1. The Balaban J connectivity index is 2.03. The number of halogens is 2. The Morgan fingerprint density at radius 2 is 2.07 bits per heavy atom. The molecule has 0 aliphatic rings. The largest absolute Gasteiger partial charge is 0.453 e. The van der Waals surface area contributed by atoms with Crippen LogP contribution in [0.15, 0.2) is 41.1 Å². The molecule has 1 aromatic carbocycles. The number of rotatable bonds is 4. The van der Waals surface area contributed by atoms with Crippen molar-refractivity contribution in [3.05, 3.63) is 63.0 Å². The predicted octanol–water partition coefficient (Wildman–Crippen LogP) is 4.29. The van der Waals surface area contributed by atoms with Gasteiger partial charge in [-0.1, -0.05) is 11.6 Å². The van der Waals surface area contributed by atoms with E-state index in [1.54, 1.807) is 25.1 Å². The second-order valence-corrected chi connectivity index (χ2v) is 7.19. The molecule has 3 rings (SSSR count). The summed E-state index contributed by atoms with van der Waals surface area (Å²) >= 11 is 9.46. The number of anilines is 2. The van der Waals surface area contributed by atoms with Crippen molar-refractivity contribution in [1.29, 1.82) is 5.26 Å². The summed E-state index contributed by atoms with van der Waals surface area (Å²) in [5.41, 5.74) is 1.54. The number of nitrogens with zero attached hydrogens (tertiary/aromatic N) is 4. The number of benzene rings is 1. The first-order valence-electron chi connectivity index (χ1n) is 8.41. The number of aromatic nitrogens is 3. The Morgan fingerprint density at radius 3 is 2.73 bits per heavy atom. The summed E-state index contributed by atoms with van der Waals surface area (Å²) in [6.07, 6.45) is 0.787. The van der Waals surface area contributed by atoms with Crippen molar-refractivity contribution in [1.82, 2.24) is 14.8 Å². The van der Waals surface area contributed by atoms with Crippen molar-refractivity contribution in [2.75, 3.05) is 17.7 Å². The molecule has 0 bridgehead atoms. The lowest BCUT2D eigenvalue weighted by Crippen LogP contribution is -2.20. The molecule has 0 aliphatic heterocycles. The van der Waals surface area contributed by atoms with E-state index < -0.39 is 12.0 Å². The number of pyridine rings is 1. The molecule has 2 amide bonds. The highest BCUT2D eigenvalue weighted by atomic mass is 79.9. The Kier molecular flexibility index (Phi) is 6.34. The number of ether oxygens (including phenoxy) is 1. The normalized spacial score (nSPS) is 10.2. The zero-order valence-corrected chi connectivity index (χ0v) is 18.1. The number of nitrogens with one attached hydrogen (secondary N) is 2. The number of carbonyl (C=O) groups is 2. The number of hydrogen-bond donors (Lipinski definition) is 2. The Hall–Kier alpha value is -3.42. The van der Waals surface area contributed by atoms with E-state index >= 15 is 0 Å². The number of nitriles is 1. The van der Waals surface area contributed by atoms with E-state index in [0.717, 1.165) is 0 Å². The van der Waals surface area contributed by atoms with E-state index in [4.69, 9.17) is 11.6 Å². The van der Waals surface area contributed by atoms with Gasteiger partial charge in [-0.15, -0.1) is 0 Å². The van der Waals surface area contributed by atoms with Crippen LogP contribution in [0.1, 0.15) is 21.6 Å². The molecule has 2 aromatic heterocycles. The molecule has 0 saturated heterocycles. The third kappa shape index (κ3) is 4.42. The van der Waals surface area contributed by atoms with Crippen LogP contribution in [-0.2, 0) is 4.74 Å². The molecule has 0 radical (unpaired) electrons.